The highest BCUT2D eigenvalue weighted by molar-refractivity contribution is 7.17. The van der Waals surface area contributed by atoms with Crippen molar-refractivity contribution in [3.05, 3.63) is 67.7 Å². The lowest BCUT2D eigenvalue weighted by Crippen LogP contribution is -2.24. The van der Waals surface area contributed by atoms with Gasteiger partial charge in [-0.2, -0.15) is 13.2 Å². The molecule has 0 aliphatic carbocycles. The minimum absolute atomic E-state index is 0.135. The van der Waals surface area contributed by atoms with Crippen LogP contribution in [0.1, 0.15) is 11.1 Å². The van der Waals surface area contributed by atoms with Crippen LogP contribution in [0.25, 0.3) is 16.0 Å². The number of hydrogen-bond donors (Lipinski definition) is 0. The maximum atomic E-state index is 12.9. The van der Waals surface area contributed by atoms with Gasteiger partial charge in [-0.15, -0.1) is 16.4 Å². The number of thiophene rings is 1. The van der Waals surface area contributed by atoms with Crippen LogP contribution in [0.3, 0.4) is 0 Å². The number of rotatable bonds is 2. The van der Waals surface area contributed by atoms with Crippen molar-refractivity contribution in [1.82, 2.24) is 18.7 Å². The average Bonchev–Trinajstić information content (AvgIpc) is 3.18. The first-order valence-electron chi connectivity index (χ1n) is 7.49. The van der Waals surface area contributed by atoms with Crippen LogP contribution in [0.15, 0.2) is 45.3 Å². The van der Waals surface area contributed by atoms with Gasteiger partial charge in [-0.25, -0.2) is 13.9 Å². The van der Waals surface area contributed by atoms with E-state index in [9.17, 15) is 22.8 Å². The molecule has 0 saturated carbocycles. The number of hydrogen-bond acceptors (Lipinski definition) is 4. The fourth-order valence-electron chi connectivity index (χ4n) is 2.83. The van der Waals surface area contributed by atoms with Crippen LogP contribution in [0.4, 0.5) is 13.2 Å². The molecule has 3 aromatic heterocycles. The topological polar surface area (TPSA) is 61.3 Å². The Labute approximate surface area is 147 Å². The number of aromatic nitrogens is 4. The van der Waals surface area contributed by atoms with Crippen molar-refractivity contribution >= 4 is 27.3 Å². The van der Waals surface area contributed by atoms with Gasteiger partial charge in [0.2, 0.25) is 5.78 Å². The molecule has 0 radical (unpaired) electrons. The van der Waals surface area contributed by atoms with Gasteiger partial charge in [0.25, 0.3) is 5.56 Å². The summed E-state index contributed by atoms with van der Waals surface area (Å²) in [6.45, 7) is -0.135. The molecular weight excluding hydrogens is 369 g/mol. The summed E-state index contributed by atoms with van der Waals surface area (Å²) in [4.78, 5) is 25.0. The Bertz CT molecular complexity index is 1260. The zero-order chi connectivity index (χ0) is 18.6. The van der Waals surface area contributed by atoms with E-state index in [1.165, 1.54) is 39.5 Å². The molecule has 0 aliphatic rings. The summed E-state index contributed by atoms with van der Waals surface area (Å²) in [6.07, 6.45) is -4.47. The van der Waals surface area contributed by atoms with E-state index in [1.54, 1.807) is 11.4 Å². The molecule has 0 fully saturated rings. The van der Waals surface area contributed by atoms with E-state index in [2.05, 4.69) is 5.10 Å². The van der Waals surface area contributed by atoms with Crippen LogP contribution >= 0.6 is 11.3 Å². The van der Waals surface area contributed by atoms with Crippen molar-refractivity contribution in [2.45, 2.75) is 12.7 Å². The SMILES string of the molecule is Cn1c(=O)c2sccc2n2c(=O)n(Cc3cccc(C(F)(F)F)c3)nc12. The number of benzene rings is 1. The standard InChI is InChI=1S/C16H11F3N4O2S/c1-21-13(24)12-11(5-6-26-12)23-14(21)20-22(15(23)25)8-9-3-2-4-10(7-9)16(17,18)19/h2-7H,8H2,1H3. The van der Waals surface area contributed by atoms with E-state index in [0.29, 0.717) is 10.2 Å². The monoisotopic (exact) mass is 380 g/mol. The molecule has 1 aromatic carbocycles. The first kappa shape index (κ1) is 16.6. The van der Waals surface area contributed by atoms with Gasteiger partial charge in [0, 0.05) is 7.05 Å². The molecule has 0 saturated heterocycles. The molecular formula is C16H11F3N4O2S. The molecule has 0 aliphatic heterocycles. The number of halogens is 3. The highest BCUT2D eigenvalue weighted by atomic mass is 32.1. The fourth-order valence-corrected chi connectivity index (χ4v) is 3.68. The molecule has 4 aromatic rings. The average molecular weight is 380 g/mol. The highest BCUT2D eigenvalue weighted by Gasteiger charge is 2.30. The van der Waals surface area contributed by atoms with E-state index in [1.807, 2.05) is 0 Å². The van der Waals surface area contributed by atoms with Gasteiger partial charge in [-0.1, -0.05) is 12.1 Å². The number of aryl methyl sites for hydroxylation is 1. The van der Waals surface area contributed by atoms with Gasteiger partial charge in [0.15, 0.2) is 0 Å². The van der Waals surface area contributed by atoms with E-state index < -0.39 is 17.4 Å². The highest BCUT2D eigenvalue weighted by Crippen LogP contribution is 2.29. The second-order valence-corrected chi connectivity index (χ2v) is 6.69. The number of fused-ring (bicyclic) bond motifs is 3. The Morgan fingerprint density at radius 2 is 1.96 bits per heavy atom. The van der Waals surface area contributed by atoms with Crippen molar-refractivity contribution in [3.63, 3.8) is 0 Å². The van der Waals surface area contributed by atoms with Crippen LogP contribution in [-0.2, 0) is 19.8 Å². The molecule has 4 rings (SSSR count). The molecule has 0 spiro atoms. The van der Waals surface area contributed by atoms with Gasteiger partial charge in [-0.05, 0) is 29.1 Å². The Balaban J connectivity index is 1.89. The molecule has 26 heavy (non-hydrogen) atoms. The third kappa shape index (κ3) is 2.45. The van der Waals surface area contributed by atoms with Crippen LogP contribution in [0, 0.1) is 0 Å². The van der Waals surface area contributed by atoms with Crippen molar-refractivity contribution in [2.75, 3.05) is 0 Å². The normalized spacial score (nSPS) is 12.3. The Morgan fingerprint density at radius 3 is 2.69 bits per heavy atom. The molecule has 10 heteroatoms. The first-order valence-corrected chi connectivity index (χ1v) is 8.37. The lowest BCUT2D eigenvalue weighted by atomic mass is 10.1. The zero-order valence-electron chi connectivity index (χ0n) is 13.3. The predicted molar refractivity (Wildman–Crippen MR) is 90.6 cm³/mol. The van der Waals surface area contributed by atoms with E-state index in [0.717, 1.165) is 16.8 Å². The second kappa shape index (κ2) is 5.56. The predicted octanol–water partition coefficient (Wildman–Crippen LogP) is 2.48. The summed E-state index contributed by atoms with van der Waals surface area (Å²) in [5.41, 5.74) is -0.861. The largest absolute Gasteiger partial charge is 0.416 e. The van der Waals surface area contributed by atoms with Crippen LogP contribution < -0.4 is 11.2 Å². The lowest BCUT2D eigenvalue weighted by Gasteiger charge is -2.08. The van der Waals surface area contributed by atoms with Gasteiger partial charge < -0.3 is 0 Å². The van der Waals surface area contributed by atoms with Gasteiger partial charge in [0.1, 0.15) is 4.70 Å². The minimum Gasteiger partial charge on any atom is -0.279 e. The summed E-state index contributed by atoms with van der Waals surface area (Å²) in [7, 11) is 1.50. The maximum absolute atomic E-state index is 12.9. The van der Waals surface area contributed by atoms with Gasteiger partial charge in [-0.3, -0.25) is 9.36 Å². The summed E-state index contributed by atoms with van der Waals surface area (Å²) in [5.74, 6) is 0.137. The lowest BCUT2D eigenvalue weighted by molar-refractivity contribution is -0.137. The second-order valence-electron chi connectivity index (χ2n) is 5.77. The molecule has 3 heterocycles. The Kier molecular flexibility index (Phi) is 3.55. The van der Waals surface area contributed by atoms with E-state index >= 15 is 0 Å². The molecule has 0 unspecified atom stereocenters. The smallest absolute Gasteiger partial charge is 0.279 e. The minimum atomic E-state index is -4.47. The van der Waals surface area contributed by atoms with Crippen LogP contribution in [0.2, 0.25) is 0 Å². The molecule has 134 valence electrons. The quantitative estimate of drug-likeness (QED) is 0.537. The maximum Gasteiger partial charge on any atom is 0.416 e. The number of alkyl halides is 3. The fraction of sp³-hybridized carbons (Fsp3) is 0.188. The molecule has 0 bridgehead atoms. The Hall–Kier alpha value is -2.88. The zero-order valence-corrected chi connectivity index (χ0v) is 14.1. The van der Waals surface area contributed by atoms with E-state index in [4.69, 9.17) is 0 Å². The summed E-state index contributed by atoms with van der Waals surface area (Å²) < 4.78 is 42.6. The van der Waals surface area contributed by atoms with Crippen molar-refractivity contribution in [1.29, 1.82) is 0 Å². The van der Waals surface area contributed by atoms with Crippen LogP contribution in [-0.4, -0.2) is 18.7 Å². The molecule has 0 amide bonds. The van der Waals surface area contributed by atoms with Gasteiger partial charge >= 0.3 is 11.9 Å². The number of nitrogens with zero attached hydrogens (tertiary/aromatic N) is 4. The van der Waals surface area contributed by atoms with Gasteiger partial charge in [0.05, 0.1) is 17.6 Å². The third-order valence-electron chi connectivity index (χ3n) is 4.09. The molecule has 0 atom stereocenters. The molecule has 0 N–H and O–H groups in total. The van der Waals surface area contributed by atoms with Crippen molar-refractivity contribution in [2.24, 2.45) is 7.05 Å². The first-order chi connectivity index (χ1) is 12.3. The summed E-state index contributed by atoms with van der Waals surface area (Å²) in [6, 6.07) is 6.37. The third-order valence-corrected chi connectivity index (χ3v) is 4.98. The van der Waals surface area contributed by atoms with Crippen molar-refractivity contribution in [3.8, 4) is 0 Å². The molecule has 6 nitrogen and oxygen atoms in total. The summed E-state index contributed by atoms with van der Waals surface area (Å²) in [5, 5.41) is 5.84. The summed E-state index contributed by atoms with van der Waals surface area (Å²) >= 11 is 1.21. The van der Waals surface area contributed by atoms with Crippen LogP contribution in [0.5, 0.6) is 0 Å². The van der Waals surface area contributed by atoms with E-state index in [-0.39, 0.29) is 23.4 Å². The Morgan fingerprint density at radius 1 is 1.19 bits per heavy atom. The van der Waals surface area contributed by atoms with Crippen molar-refractivity contribution < 1.29 is 13.2 Å².